The average Bonchev–Trinajstić information content (AvgIpc) is 1.79. The molecule has 0 aromatic heterocycles. The lowest BCUT2D eigenvalue weighted by atomic mass is 10.1. The number of amides is 1. The molecule has 0 atom stereocenters. The van der Waals surface area contributed by atoms with Gasteiger partial charge in [0.05, 0.1) is 5.97 Å². The van der Waals surface area contributed by atoms with Crippen molar-refractivity contribution in [2.75, 3.05) is 0 Å². The van der Waals surface area contributed by atoms with E-state index >= 15 is 0 Å². The van der Waals surface area contributed by atoms with E-state index in [2.05, 4.69) is 5.32 Å². The molecule has 68 valence electrons. The van der Waals surface area contributed by atoms with Crippen LogP contribution in [0.3, 0.4) is 0 Å². The van der Waals surface area contributed by atoms with Crippen molar-refractivity contribution >= 4 is 11.9 Å². The molecule has 0 fully saturated rings. The minimum atomic E-state index is -1.38. The Hall–Kier alpha value is -1.32. The first-order chi connectivity index (χ1) is 5.31. The second-order valence-corrected chi connectivity index (χ2v) is 3.39. The van der Waals surface area contributed by atoms with Crippen molar-refractivity contribution in [1.29, 1.82) is 0 Å². The molecule has 1 amide bonds. The van der Waals surface area contributed by atoms with Crippen LogP contribution < -0.4 is 10.4 Å². The largest absolute Gasteiger partial charge is 0.545 e. The van der Waals surface area contributed by atoms with Gasteiger partial charge in [-0.2, -0.15) is 0 Å². The molecule has 12 heavy (non-hydrogen) atoms. The Morgan fingerprint density at radius 1 is 1.25 bits per heavy atom. The number of aliphatic carboxylic acids is 1. The molecule has 0 spiro atoms. The highest BCUT2D eigenvalue weighted by Gasteiger charge is 2.10. The van der Waals surface area contributed by atoms with E-state index in [1.807, 2.05) is 0 Å². The van der Waals surface area contributed by atoms with Crippen molar-refractivity contribution in [3.05, 3.63) is 12.2 Å². The molecular formula is C8H12NO3-. The van der Waals surface area contributed by atoms with Crippen molar-refractivity contribution in [2.45, 2.75) is 26.3 Å². The zero-order valence-corrected chi connectivity index (χ0v) is 7.38. The summed E-state index contributed by atoms with van der Waals surface area (Å²) in [5.74, 6) is -1.81. The highest BCUT2D eigenvalue weighted by Crippen LogP contribution is 1.97. The number of carboxylic acids is 1. The predicted octanol–water partition coefficient (Wildman–Crippen LogP) is -0.793. The van der Waals surface area contributed by atoms with Crippen LogP contribution >= 0.6 is 0 Å². The van der Waals surface area contributed by atoms with Crippen LogP contribution in [0, 0.1) is 0 Å². The molecule has 0 heterocycles. The SMILES string of the molecule is CC(C)(C)NC(=O)C=CC(=O)[O-]. The molecule has 0 aliphatic rings. The maximum Gasteiger partial charge on any atom is 0.244 e. The molecule has 0 unspecified atom stereocenters. The third-order valence-corrected chi connectivity index (χ3v) is 0.869. The van der Waals surface area contributed by atoms with Crippen LogP contribution in [0.4, 0.5) is 0 Å². The standard InChI is InChI=1S/C8H13NO3/c1-8(2,3)9-6(10)4-5-7(11)12/h4-5H,1-3H3,(H,9,10)(H,11,12)/p-1. The monoisotopic (exact) mass is 170 g/mol. The first-order valence-corrected chi connectivity index (χ1v) is 3.52. The van der Waals surface area contributed by atoms with E-state index in [1.54, 1.807) is 20.8 Å². The number of carbonyl (C=O) groups excluding carboxylic acids is 2. The van der Waals surface area contributed by atoms with Gasteiger partial charge in [0.2, 0.25) is 5.91 Å². The lowest BCUT2D eigenvalue weighted by molar-refractivity contribution is -0.297. The van der Waals surface area contributed by atoms with Crippen LogP contribution in [-0.4, -0.2) is 17.4 Å². The zero-order valence-electron chi connectivity index (χ0n) is 7.38. The van der Waals surface area contributed by atoms with Gasteiger partial charge in [-0.25, -0.2) is 0 Å². The van der Waals surface area contributed by atoms with Gasteiger partial charge >= 0.3 is 0 Å². The van der Waals surface area contributed by atoms with E-state index < -0.39 is 11.9 Å². The van der Waals surface area contributed by atoms with Crippen molar-refractivity contribution in [3.63, 3.8) is 0 Å². The van der Waals surface area contributed by atoms with Crippen LogP contribution in [-0.2, 0) is 9.59 Å². The number of carbonyl (C=O) groups is 2. The van der Waals surface area contributed by atoms with Gasteiger partial charge in [-0.1, -0.05) is 0 Å². The summed E-state index contributed by atoms with van der Waals surface area (Å²) in [6.07, 6.45) is 1.63. The van der Waals surface area contributed by atoms with Gasteiger partial charge in [0.15, 0.2) is 0 Å². The summed E-state index contributed by atoms with van der Waals surface area (Å²) in [6, 6.07) is 0. The third kappa shape index (κ3) is 6.80. The maximum atomic E-state index is 10.9. The molecule has 1 N–H and O–H groups in total. The Morgan fingerprint density at radius 2 is 1.75 bits per heavy atom. The first-order valence-electron chi connectivity index (χ1n) is 3.52. The molecule has 4 heteroatoms. The molecule has 0 rings (SSSR count). The molecule has 0 radical (unpaired) electrons. The van der Waals surface area contributed by atoms with Crippen LogP contribution in [0.25, 0.3) is 0 Å². The highest BCUT2D eigenvalue weighted by atomic mass is 16.4. The highest BCUT2D eigenvalue weighted by molar-refractivity contribution is 5.93. The molecule has 0 saturated heterocycles. The number of hydrogen-bond donors (Lipinski definition) is 1. The number of carboxylic acid groups (broad SMARTS) is 1. The Morgan fingerprint density at radius 3 is 2.08 bits per heavy atom. The van der Waals surface area contributed by atoms with E-state index in [4.69, 9.17) is 0 Å². The van der Waals surface area contributed by atoms with Crippen molar-refractivity contribution in [2.24, 2.45) is 0 Å². The Kier molecular flexibility index (Phi) is 3.47. The normalized spacial score (nSPS) is 11.6. The smallest absolute Gasteiger partial charge is 0.244 e. The topological polar surface area (TPSA) is 69.2 Å². The third-order valence-electron chi connectivity index (χ3n) is 0.869. The summed E-state index contributed by atoms with van der Waals surface area (Å²) in [4.78, 5) is 20.8. The van der Waals surface area contributed by atoms with Crippen LogP contribution in [0.2, 0.25) is 0 Å². The lowest BCUT2D eigenvalue weighted by Crippen LogP contribution is -2.39. The van der Waals surface area contributed by atoms with Gasteiger partial charge in [-0.15, -0.1) is 0 Å². The predicted molar refractivity (Wildman–Crippen MR) is 42.0 cm³/mol. The van der Waals surface area contributed by atoms with E-state index in [0.29, 0.717) is 6.08 Å². The average molecular weight is 170 g/mol. The van der Waals surface area contributed by atoms with Gasteiger partial charge < -0.3 is 15.2 Å². The van der Waals surface area contributed by atoms with Gasteiger partial charge in [-0.3, -0.25) is 4.79 Å². The fourth-order valence-electron chi connectivity index (χ4n) is 0.555. The van der Waals surface area contributed by atoms with Crippen LogP contribution in [0.15, 0.2) is 12.2 Å². The maximum absolute atomic E-state index is 10.9. The van der Waals surface area contributed by atoms with Gasteiger partial charge in [-0.05, 0) is 26.8 Å². The summed E-state index contributed by atoms with van der Waals surface area (Å²) in [5, 5.41) is 12.4. The number of nitrogens with one attached hydrogen (secondary N) is 1. The summed E-state index contributed by atoms with van der Waals surface area (Å²) in [7, 11) is 0. The molecule has 4 nitrogen and oxygen atoms in total. The summed E-state index contributed by atoms with van der Waals surface area (Å²) < 4.78 is 0. The molecule has 0 saturated carbocycles. The molecule has 0 aromatic carbocycles. The van der Waals surface area contributed by atoms with E-state index in [0.717, 1.165) is 6.08 Å². The minimum absolute atomic E-state index is 0.354. The van der Waals surface area contributed by atoms with Crippen LogP contribution in [0.1, 0.15) is 20.8 Å². The zero-order chi connectivity index (χ0) is 9.78. The second-order valence-electron chi connectivity index (χ2n) is 3.39. The fourth-order valence-corrected chi connectivity index (χ4v) is 0.555. The Balaban J connectivity index is 3.99. The quantitative estimate of drug-likeness (QED) is 0.552. The number of hydrogen-bond acceptors (Lipinski definition) is 3. The second kappa shape index (κ2) is 3.90. The molecular weight excluding hydrogens is 158 g/mol. The summed E-state index contributed by atoms with van der Waals surface area (Å²) in [5.41, 5.74) is -0.354. The fraction of sp³-hybridized carbons (Fsp3) is 0.500. The van der Waals surface area contributed by atoms with E-state index in [-0.39, 0.29) is 5.54 Å². The van der Waals surface area contributed by atoms with Crippen molar-refractivity contribution in [1.82, 2.24) is 5.32 Å². The van der Waals surface area contributed by atoms with E-state index in [1.165, 1.54) is 0 Å². The minimum Gasteiger partial charge on any atom is -0.545 e. The molecule has 0 aliphatic carbocycles. The molecule has 0 bridgehead atoms. The van der Waals surface area contributed by atoms with Gasteiger partial charge in [0, 0.05) is 11.6 Å². The van der Waals surface area contributed by atoms with Gasteiger partial charge in [0.25, 0.3) is 0 Å². The summed E-state index contributed by atoms with van der Waals surface area (Å²) >= 11 is 0. The van der Waals surface area contributed by atoms with Crippen molar-refractivity contribution < 1.29 is 14.7 Å². The first kappa shape index (κ1) is 10.7. The van der Waals surface area contributed by atoms with E-state index in [9.17, 15) is 14.7 Å². The Labute approximate surface area is 71.3 Å². The number of rotatable bonds is 2. The Bertz CT molecular complexity index is 213. The van der Waals surface area contributed by atoms with Gasteiger partial charge in [0.1, 0.15) is 0 Å². The molecule has 0 aliphatic heterocycles. The summed E-state index contributed by atoms with van der Waals surface area (Å²) in [6.45, 7) is 5.41. The lowest BCUT2D eigenvalue weighted by Gasteiger charge is -2.18. The van der Waals surface area contributed by atoms with Crippen LogP contribution in [0.5, 0.6) is 0 Å². The molecule has 0 aromatic rings. The van der Waals surface area contributed by atoms with Crippen molar-refractivity contribution in [3.8, 4) is 0 Å².